The van der Waals surface area contributed by atoms with Crippen molar-refractivity contribution in [3.05, 3.63) is 64.5 Å². The van der Waals surface area contributed by atoms with Gasteiger partial charge in [-0.3, -0.25) is 14.8 Å². The maximum absolute atomic E-state index is 12.5. The van der Waals surface area contributed by atoms with Crippen molar-refractivity contribution >= 4 is 42.8 Å². The summed E-state index contributed by atoms with van der Waals surface area (Å²) < 4.78 is 27.4. The molecule has 1 aromatic carbocycles. The molecule has 2 aromatic heterocycles. The number of benzene rings is 1. The summed E-state index contributed by atoms with van der Waals surface area (Å²) in [5.74, 6) is -0.741. The molecule has 1 N–H and O–H groups in total. The molecule has 122 valence electrons. The molecule has 0 radical (unpaired) electrons. The second-order valence-electron chi connectivity index (χ2n) is 5.16. The minimum atomic E-state index is -4.00. The van der Waals surface area contributed by atoms with Crippen molar-refractivity contribution in [1.82, 2.24) is 14.7 Å². The van der Waals surface area contributed by atoms with Crippen molar-refractivity contribution in [3.63, 3.8) is 0 Å². The number of sulfonamides is 1. The lowest BCUT2D eigenvalue weighted by atomic mass is 10.2. The number of amides is 1. The van der Waals surface area contributed by atoms with Crippen LogP contribution >= 0.6 is 15.9 Å². The third-order valence-corrected chi connectivity index (χ3v) is 5.68. The number of hydrogen-bond acceptors (Lipinski definition) is 5. The van der Waals surface area contributed by atoms with E-state index < -0.39 is 15.9 Å². The summed E-state index contributed by atoms with van der Waals surface area (Å²) in [5.41, 5.74) is 1.55. The predicted octanol–water partition coefficient (Wildman–Crippen LogP) is 2.82. The average molecular weight is 406 g/mol. The van der Waals surface area contributed by atoms with E-state index in [-0.39, 0.29) is 10.5 Å². The first kappa shape index (κ1) is 16.5. The third-order valence-electron chi connectivity index (χ3n) is 3.35. The van der Waals surface area contributed by atoms with Crippen LogP contribution in [-0.4, -0.2) is 24.3 Å². The molecule has 0 aliphatic rings. The van der Waals surface area contributed by atoms with Crippen molar-refractivity contribution in [2.24, 2.45) is 0 Å². The second-order valence-corrected chi connectivity index (χ2v) is 7.67. The molecule has 0 bridgehead atoms. The molecule has 0 atom stereocenters. The van der Waals surface area contributed by atoms with Gasteiger partial charge in [-0.15, -0.1) is 0 Å². The highest BCUT2D eigenvalue weighted by atomic mass is 79.9. The molecule has 0 aliphatic carbocycles. The van der Waals surface area contributed by atoms with Gasteiger partial charge in [-0.25, -0.2) is 13.1 Å². The van der Waals surface area contributed by atoms with Gasteiger partial charge in [-0.2, -0.15) is 0 Å². The Balaban J connectivity index is 1.93. The molecule has 8 heteroatoms. The van der Waals surface area contributed by atoms with Gasteiger partial charge in [0.15, 0.2) is 0 Å². The van der Waals surface area contributed by atoms with Crippen molar-refractivity contribution < 1.29 is 13.2 Å². The summed E-state index contributed by atoms with van der Waals surface area (Å²) in [4.78, 5) is 20.4. The van der Waals surface area contributed by atoms with Crippen LogP contribution in [-0.2, 0) is 10.0 Å². The Morgan fingerprint density at radius 1 is 1.17 bits per heavy atom. The second kappa shape index (κ2) is 6.29. The Bertz CT molecular complexity index is 1050. The van der Waals surface area contributed by atoms with Crippen LogP contribution in [0.2, 0.25) is 0 Å². The fourth-order valence-electron chi connectivity index (χ4n) is 2.15. The van der Waals surface area contributed by atoms with Gasteiger partial charge in [0.2, 0.25) is 0 Å². The Morgan fingerprint density at radius 2 is 1.96 bits per heavy atom. The largest absolute Gasteiger partial charge is 0.268 e. The average Bonchev–Trinajstić information content (AvgIpc) is 2.56. The van der Waals surface area contributed by atoms with Crippen LogP contribution in [0.4, 0.5) is 0 Å². The Morgan fingerprint density at radius 3 is 2.75 bits per heavy atom. The zero-order valence-corrected chi connectivity index (χ0v) is 14.9. The molecule has 3 rings (SSSR count). The number of nitrogens with zero attached hydrogens (tertiary/aromatic N) is 2. The van der Waals surface area contributed by atoms with Crippen LogP contribution in [0, 0.1) is 6.92 Å². The summed E-state index contributed by atoms with van der Waals surface area (Å²) in [5, 5.41) is 0.701. The lowest BCUT2D eigenvalue weighted by molar-refractivity contribution is 0.0981. The molecule has 0 fully saturated rings. The summed E-state index contributed by atoms with van der Waals surface area (Å²) in [7, 11) is -4.00. The molecule has 6 nitrogen and oxygen atoms in total. The molecule has 0 saturated heterocycles. The first-order valence-corrected chi connectivity index (χ1v) is 9.17. The quantitative estimate of drug-likeness (QED) is 0.723. The van der Waals surface area contributed by atoms with Gasteiger partial charge in [0, 0.05) is 22.3 Å². The molecule has 0 spiro atoms. The number of pyridine rings is 2. The fourth-order valence-corrected chi connectivity index (χ4v) is 4.17. The number of hydrogen-bond donors (Lipinski definition) is 1. The number of carbonyl (C=O) groups is 1. The molecule has 24 heavy (non-hydrogen) atoms. The minimum Gasteiger partial charge on any atom is -0.268 e. The molecule has 2 heterocycles. The van der Waals surface area contributed by atoms with Gasteiger partial charge < -0.3 is 0 Å². The monoisotopic (exact) mass is 405 g/mol. The SMILES string of the molecule is Cc1ccc(Br)c(S(=O)(=O)NC(=O)c2cnc3cnccc3c2)c1. The van der Waals surface area contributed by atoms with E-state index >= 15 is 0 Å². The summed E-state index contributed by atoms with van der Waals surface area (Å²) >= 11 is 3.20. The first-order chi connectivity index (χ1) is 11.4. The Kier molecular flexibility index (Phi) is 4.33. The summed E-state index contributed by atoms with van der Waals surface area (Å²) in [6.07, 6.45) is 4.46. The van der Waals surface area contributed by atoms with Gasteiger partial charge >= 0.3 is 0 Å². The highest BCUT2D eigenvalue weighted by Gasteiger charge is 2.21. The van der Waals surface area contributed by atoms with Crippen molar-refractivity contribution in [3.8, 4) is 0 Å². The number of nitrogens with one attached hydrogen (secondary N) is 1. The molecule has 0 unspecified atom stereocenters. The van der Waals surface area contributed by atoms with Crippen molar-refractivity contribution in [2.45, 2.75) is 11.8 Å². The molecule has 3 aromatic rings. The topological polar surface area (TPSA) is 89.0 Å². The maximum Gasteiger partial charge on any atom is 0.266 e. The normalized spacial score (nSPS) is 11.4. The number of halogens is 1. The molecular weight excluding hydrogens is 394 g/mol. The fraction of sp³-hybridized carbons (Fsp3) is 0.0625. The number of aryl methyl sites for hydroxylation is 1. The van der Waals surface area contributed by atoms with Gasteiger partial charge in [0.05, 0.1) is 17.3 Å². The standard InChI is InChI=1S/C16H12BrN3O3S/c1-10-2-3-13(17)15(6-10)24(22,23)20-16(21)12-7-11-4-5-18-9-14(11)19-8-12/h2-9H,1H3,(H,20,21). The smallest absolute Gasteiger partial charge is 0.266 e. The molecule has 0 saturated carbocycles. The summed E-state index contributed by atoms with van der Waals surface area (Å²) in [6, 6.07) is 8.15. The molecular formula is C16H12BrN3O3S. The van der Waals surface area contributed by atoms with E-state index in [9.17, 15) is 13.2 Å². The lowest BCUT2D eigenvalue weighted by Crippen LogP contribution is -2.31. The van der Waals surface area contributed by atoms with Gasteiger partial charge in [0.1, 0.15) is 4.90 Å². The molecule has 0 aliphatic heterocycles. The number of fused-ring (bicyclic) bond motifs is 1. The third kappa shape index (κ3) is 3.29. The zero-order valence-electron chi connectivity index (χ0n) is 12.5. The van der Waals surface area contributed by atoms with E-state index in [0.29, 0.717) is 15.4 Å². The highest BCUT2D eigenvalue weighted by Crippen LogP contribution is 2.23. The number of aromatic nitrogens is 2. The Hall–Kier alpha value is -2.32. The van der Waals surface area contributed by atoms with Crippen LogP contribution in [0.5, 0.6) is 0 Å². The predicted molar refractivity (Wildman–Crippen MR) is 93.1 cm³/mol. The highest BCUT2D eigenvalue weighted by molar-refractivity contribution is 9.10. The van der Waals surface area contributed by atoms with E-state index in [2.05, 4.69) is 30.6 Å². The lowest BCUT2D eigenvalue weighted by Gasteiger charge is -2.09. The van der Waals surface area contributed by atoms with E-state index in [1.165, 1.54) is 12.3 Å². The van der Waals surface area contributed by atoms with Gasteiger partial charge in [-0.1, -0.05) is 6.07 Å². The number of rotatable bonds is 3. The van der Waals surface area contributed by atoms with E-state index in [1.807, 2.05) is 0 Å². The maximum atomic E-state index is 12.5. The van der Waals surface area contributed by atoms with Crippen molar-refractivity contribution in [1.29, 1.82) is 0 Å². The van der Waals surface area contributed by atoms with E-state index in [0.717, 1.165) is 5.56 Å². The van der Waals surface area contributed by atoms with Crippen LogP contribution < -0.4 is 4.72 Å². The van der Waals surface area contributed by atoms with E-state index in [1.54, 1.807) is 43.6 Å². The van der Waals surface area contributed by atoms with E-state index in [4.69, 9.17) is 0 Å². The van der Waals surface area contributed by atoms with Crippen LogP contribution in [0.3, 0.4) is 0 Å². The minimum absolute atomic E-state index is 0.00815. The number of carbonyl (C=O) groups excluding carboxylic acids is 1. The Labute approximate surface area is 147 Å². The van der Waals surface area contributed by atoms with Crippen molar-refractivity contribution in [2.75, 3.05) is 0 Å². The zero-order chi connectivity index (χ0) is 17.3. The van der Waals surface area contributed by atoms with Crippen LogP contribution in [0.25, 0.3) is 10.9 Å². The van der Waals surface area contributed by atoms with Crippen LogP contribution in [0.1, 0.15) is 15.9 Å². The van der Waals surface area contributed by atoms with Gasteiger partial charge in [0.25, 0.3) is 15.9 Å². The summed E-state index contributed by atoms with van der Waals surface area (Å²) in [6.45, 7) is 1.77. The molecule has 1 amide bonds. The first-order valence-electron chi connectivity index (χ1n) is 6.90. The van der Waals surface area contributed by atoms with Gasteiger partial charge in [-0.05, 0) is 52.7 Å². The van der Waals surface area contributed by atoms with Crippen LogP contribution in [0.15, 0.2) is 58.3 Å².